The van der Waals surface area contributed by atoms with Crippen molar-refractivity contribution in [3.8, 4) is 0 Å². The Bertz CT molecular complexity index is 310. The molecule has 0 aromatic carbocycles. The van der Waals surface area contributed by atoms with E-state index in [9.17, 15) is 9.90 Å². The number of hydrogen-bond acceptors (Lipinski definition) is 3. The van der Waals surface area contributed by atoms with Crippen molar-refractivity contribution >= 4 is 14.3 Å². The second kappa shape index (κ2) is 6.37. The molecule has 0 fully saturated rings. The lowest BCUT2D eigenvalue weighted by molar-refractivity contribution is -0.157. The van der Waals surface area contributed by atoms with Gasteiger partial charge in [0.15, 0.2) is 13.9 Å². The van der Waals surface area contributed by atoms with Crippen LogP contribution in [0.15, 0.2) is 0 Å². The lowest BCUT2D eigenvalue weighted by Crippen LogP contribution is -2.54. The second-order valence-electron chi connectivity index (χ2n) is 7.07. The van der Waals surface area contributed by atoms with E-state index in [0.717, 1.165) is 6.54 Å². The molecule has 1 atom stereocenters. The molecular weight excluding hydrogens is 258 g/mol. The lowest BCUT2D eigenvalue weighted by atomic mass is 9.97. The molecule has 0 aromatic rings. The monoisotopic (exact) mass is 289 g/mol. The molecule has 0 unspecified atom stereocenters. The van der Waals surface area contributed by atoms with Gasteiger partial charge in [0.2, 0.25) is 0 Å². The first-order valence-electron chi connectivity index (χ1n) is 6.96. The Morgan fingerprint density at radius 3 is 2.00 bits per heavy atom. The van der Waals surface area contributed by atoms with Gasteiger partial charge in [-0.25, -0.2) is 4.79 Å². The SMILES string of the molecule is CC[C@@](CCN(C)C)(O[Si](C)(C)C(C)(C)C)C(=O)O. The molecule has 5 heteroatoms. The maximum Gasteiger partial charge on any atom is 0.334 e. The minimum atomic E-state index is -2.10. The van der Waals surface area contributed by atoms with Crippen molar-refractivity contribution in [2.45, 2.75) is 64.3 Å². The van der Waals surface area contributed by atoms with Gasteiger partial charge in [0.05, 0.1) is 0 Å². The Balaban J connectivity index is 5.22. The van der Waals surface area contributed by atoms with Gasteiger partial charge in [-0.2, -0.15) is 0 Å². The number of carboxylic acids is 1. The first kappa shape index (κ1) is 18.6. The van der Waals surface area contributed by atoms with E-state index in [1.165, 1.54) is 0 Å². The highest BCUT2D eigenvalue weighted by Crippen LogP contribution is 2.40. The fourth-order valence-corrected chi connectivity index (χ4v) is 3.26. The van der Waals surface area contributed by atoms with E-state index in [1.807, 2.05) is 25.9 Å². The minimum Gasteiger partial charge on any atom is -0.479 e. The molecule has 0 aliphatic rings. The minimum absolute atomic E-state index is 0.0149. The zero-order valence-corrected chi connectivity index (χ0v) is 14.8. The molecule has 0 radical (unpaired) electrons. The predicted octanol–water partition coefficient (Wildman–Crippen LogP) is 3.19. The molecule has 0 bridgehead atoms. The molecule has 0 saturated heterocycles. The van der Waals surface area contributed by atoms with E-state index >= 15 is 0 Å². The van der Waals surface area contributed by atoms with Crippen molar-refractivity contribution in [2.24, 2.45) is 0 Å². The molecule has 0 aliphatic heterocycles. The first-order valence-corrected chi connectivity index (χ1v) is 9.87. The van der Waals surface area contributed by atoms with Crippen LogP contribution in [0.1, 0.15) is 40.5 Å². The first-order chi connectivity index (χ1) is 8.38. The molecule has 4 nitrogen and oxygen atoms in total. The average Bonchev–Trinajstić information content (AvgIpc) is 2.21. The van der Waals surface area contributed by atoms with Crippen molar-refractivity contribution in [2.75, 3.05) is 20.6 Å². The summed E-state index contributed by atoms with van der Waals surface area (Å²) < 4.78 is 6.26. The number of aliphatic carboxylic acids is 1. The Hall–Kier alpha value is -0.393. The molecule has 19 heavy (non-hydrogen) atoms. The fourth-order valence-electron chi connectivity index (χ4n) is 1.65. The van der Waals surface area contributed by atoms with Crippen molar-refractivity contribution in [1.82, 2.24) is 4.90 Å². The summed E-state index contributed by atoms with van der Waals surface area (Å²) in [5.74, 6) is -0.832. The van der Waals surface area contributed by atoms with E-state index in [1.54, 1.807) is 0 Å². The molecule has 1 N–H and O–H groups in total. The number of rotatable bonds is 7. The number of carbonyl (C=O) groups is 1. The van der Waals surface area contributed by atoms with Crippen molar-refractivity contribution < 1.29 is 14.3 Å². The summed E-state index contributed by atoms with van der Waals surface area (Å²) in [5.41, 5.74) is -1.05. The van der Waals surface area contributed by atoms with Gasteiger partial charge in [-0.15, -0.1) is 0 Å². The third-order valence-corrected chi connectivity index (χ3v) is 8.69. The van der Waals surface area contributed by atoms with Crippen molar-refractivity contribution in [3.63, 3.8) is 0 Å². The number of nitrogens with zero attached hydrogens (tertiary/aromatic N) is 1. The Labute approximate surface area is 119 Å². The molecule has 0 heterocycles. The molecule has 0 aliphatic carbocycles. The summed E-state index contributed by atoms with van der Waals surface area (Å²) in [6.07, 6.45) is 1.03. The van der Waals surface area contributed by atoms with Gasteiger partial charge < -0.3 is 14.4 Å². The van der Waals surface area contributed by atoms with Crippen molar-refractivity contribution in [1.29, 1.82) is 0 Å². The molecule has 114 valence electrons. The fraction of sp³-hybridized carbons (Fsp3) is 0.929. The van der Waals surface area contributed by atoms with Gasteiger partial charge in [-0.3, -0.25) is 0 Å². The lowest BCUT2D eigenvalue weighted by Gasteiger charge is -2.43. The summed E-state index contributed by atoms with van der Waals surface area (Å²) in [6.45, 7) is 13.2. The highest BCUT2D eigenvalue weighted by atomic mass is 28.4. The topological polar surface area (TPSA) is 49.8 Å². The highest BCUT2D eigenvalue weighted by Gasteiger charge is 2.47. The standard InChI is InChI=1S/C14H31NO3Si/c1-9-14(12(16)17,10-11-15(5)6)18-19(7,8)13(2,3)4/h9-11H2,1-8H3,(H,16,17)/t14-/m0/s1. The largest absolute Gasteiger partial charge is 0.479 e. The third kappa shape index (κ3) is 4.89. The van der Waals surface area contributed by atoms with E-state index in [2.05, 4.69) is 33.9 Å². The number of carboxylic acid groups (broad SMARTS) is 1. The molecule has 0 saturated carbocycles. The van der Waals surface area contributed by atoms with Gasteiger partial charge >= 0.3 is 5.97 Å². The summed E-state index contributed by atoms with van der Waals surface area (Å²) in [7, 11) is 1.81. The van der Waals surface area contributed by atoms with E-state index in [-0.39, 0.29) is 5.04 Å². The maximum absolute atomic E-state index is 11.7. The summed E-state index contributed by atoms with van der Waals surface area (Å²) in [4.78, 5) is 13.8. The molecule has 0 rings (SSSR count). The van der Waals surface area contributed by atoms with Crippen LogP contribution in [0.2, 0.25) is 18.1 Å². The molecule has 0 spiro atoms. The predicted molar refractivity (Wildman–Crippen MR) is 82.1 cm³/mol. The molecule has 0 aromatic heterocycles. The van der Waals surface area contributed by atoms with Crippen LogP contribution in [0.5, 0.6) is 0 Å². The maximum atomic E-state index is 11.7. The second-order valence-corrected chi connectivity index (χ2v) is 11.8. The average molecular weight is 289 g/mol. The quantitative estimate of drug-likeness (QED) is 0.731. The van der Waals surface area contributed by atoms with Crippen LogP contribution in [-0.4, -0.2) is 50.5 Å². The smallest absolute Gasteiger partial charge is 0.334 e. The molecule has 0 amide bonds. The zero-order valence-electron chi connectivity index (χ0n) is 13.8. The van der Waals surface area contributed by atoms with Crippen LogP contribution in [0.25, 0.3) is 0 Å². The Morgan fingerprint density at radius 2 is 1.74 bits per heavy atom. The Morgan fingerprint density at radius 1 is 1.26 bits per heavy atom. The highest BCUT2D eigenvalue weighted by molar-refractivity contribution is 6.74. The Kier molecular flexibility index (Phi) is 6.24. The summed E-state index contributed by atoms with van der Waals surface area (Å²) >= 11 is 0. The van der Waals surface area contributed by atoms with Crippen molar-refractivity contribution in [3.05, 3.63) is 0 Å². The van der Waals surface area contributed by atoms with E-state index < -0.39 is 19.9 Å². The zero-order chi connectivity index (χ0) is 15.5. The molecular formula is C14H31NO3Si. The summed E-state index contributed by atoms with van der Waals surface area (Å²) in [6, 6.07) is 0. The van der Waals surface area contributed by atoms with Gasteiger partial charge in [0, 0.05) is 6.54 Å². The van der Waals surface area contributed by atoms with Gasteiger partial charge in [-0.05, 0) is 45.1 Å². The van der Waals surface area contributed by atoms with Crippen LogP contribution in [0.4, 0.5) is 0 Å². The summed E-state index contributed by atoms with van der Waals surface area (Å²) in [5, 5.41) is 9.66. The third-order valence-electron chi connectivity index (χ3n) is 4.18. The van der Waals surface area contributed by atoms with Gasteiger partial charge in [0.1, 0.15) is 0 Å². The van der Waals surface area contributed by atoms with Gasteiger partial charge in [-0.1, -0.05) is 27.7 Å². The van der Waals surface area contributed by atoms with Crippen LogP contribution < -0.4 is 0 Å². The van der Waals surface area contributed by atoms with E-state index in [0.29, 0.717) is 12.8 Å². The van der Waals surface area contributed by atoms with Crippen LogP contribution >= 0.6 is 0 Å². The van der Waals surface area contributed by atoms with Crippen LogP contribution in [-0.2, 0) is 9.22 Å². The number of hydrogen-bond donors (Lipinski definition) is 1. The van der Waals surface area contributed by atoms with Crippen LogP contribution in [0, 0.1) is 0 Å². The normalized spacial score (nSPS) is 16.5. The van der Waals surface area contributed by atoms with Crippen LogP contribution in [0.3, 0.4) is 0 Å². The van der Waals surface area contributed by atoms with E-state index in [4.69, 9.17) is 4.43 Å². The van der Waals surface area contributed by atoms with Gasteiger partial charge in [0.25, 0.3) is 0 Å².